The molecular weight excluding hydrogens is 440 g/mol. The highest BCUT2D eigenvalue weighted by Crippen LogP contribution is 2.37. The molecule has 2 aromatic rings. The molecule has 7 heteroatoms. The first-order valence-corrected chi connectivity index (χ1v) is 7.91. The van der Waals surface area contributed by atoms with E-state index >= 15 is 0 Å². The Kier molecular flexibility index (Phi) is 5.37. The molecule has 2 rings (SSSR count). The van der Waals surface area contributed by atoms with Crippen LogP contribution in [0.15, 0.2) is 33.3 Å². The van der Waals surface area contributed by atoms with Gasteiger partial charge in [0, 0.05) is 26.8 Å². The van der Waals surface area contributed by atoms with E-state index in [2.05, 4.69) is 36.8 Å². The fourth-order valence-corrected chi connectivity index (χ4v) is 2.74. The lowest BCUT2D eigenvalue weighted by molar-refractivity contribution is 0.458. The van der Waals surface area contributed by atoms with Crippen LogP contribution in [0.1, 0.15) is 5.56 Å². The van der Waals surface area contributed by atoms with Crippen molar-refractivity contribution in [2.75, 3.05) is 0 Å². The van der Waals surface area contributed by atoms with Crippen molar-refractivity contribution >= 4 is 66.7 Å². The predicted octanol–water partition coefficient (Wildman–Crippen LogP) is 6.44. The van der Waals surface area contributed by atoms with E-state index in [1.807, 2.05) is 6.07 Å². The maximum Gasteiger partial charge on any atom is 0.223 e. The van der Waals surface area contributed by atoms with Gasteiger partial charge in [0.15, 0.2) is 0 Å². The first-order valence-electron chi connectivity index (χ1n) is 5.04. The Morgan fingerprint density at radius 2 is 1.84 bits per heavy atom. The normalized spacial score (nSPS) is 10.6. The summed E-state index contributed by atoms with van der Waals surface area (Å²) >= 11 is 24.6. The van der Waals surface area contributed by atoms with Gasteiger partial charge in [-0.3, -0.25) is 0 Å². The summed E-state index contributed by atoms with van der Waals surface area (Å²) in [7, 11) is 0. The Hall–Kier alpha value is -0.0000000000000000555. The number of nitrogens with zero attached hydrogens (tertiary/aromatic N) is 1. The SMILES string of the molecule is ClCc1cc(Br)cnc1Oc1cc(Cl)c(Br)cc1Cl. The number of alkyl halides is 1. The highest BCUT2D eigenvalue weighted by molar-refractivity contribution is 9.10. The molecule has 0 atom stereocenters. The Morgan fingerprint density at radius 3 is 2.53 bits per heavy atom. The van der Waals surface area contributed by atoms with Crippen molar-refractivity contribution in [2.24, 2.45) is 0 Å². The lowest BCUT2D eigenvalue weighted by Gasteiger charge is -2.11. The minimum atomic E-state index is 0.281. The molecule has 0 saturated carbocycles. The third kappa shape index (κ3) is 3.76. The molecule has 1 aromatic heterocycles. The standard InChI is InChI=1S/C12H6Br2Cl3NO/c13-7-1-6(4-15)12(18-5-7)19-11-3-9(16)8(14)2-10(11)17/h1-3,5H,4H2. The third-order valence-electron chi connectivity index (χ3n) is 2.22. The largest absolute Gasteiger partial charge is 0.437 e. The zero-order chi connectivity index (χ0) is 14.0. The van der Waals surface area contributed by atoms with Gasteiger partial charge < -0.3 is 4.74 Å². The lowest BCUT2D eigenvalue weighted by atomic mass is 10.3. The van der Waals surface area contributed by atoms with Gasteiger partial charge in [0.1, 0.15) is 5.75 Å². The first kappa shape index (κ1) is 15.4. The molecule has 0 aliphatic heterocycles. The van der Waals surface area contributed by atoms with Crippen molar-refractivity contribution in [3.05, 3.63) is 49.0 Å². The third-order valence-corrected chi connectivity index (χ3v) is 4.43. The highest BCUT2D eigenvalue weighted by Gasteiger charge is 2.11. The molecule has 0 N–H and O–H groups in total. The van der Waals surface area contributed by atoms with Crippen LogP contribution in [0.3, 0.4) is 0 Å². The van der Waals surface area contributed by atoms with Crippen molar-refractivity contribution in [3.8, 4) is 11.6 Å². The van der Waals surface area contributed by atoms with Gasteiger partial charge in [0.25, 0.3) is 0 Å². The summed E-state index contributed by atoms with van der Waals surface area (Å²) in [5.74, 6) is 1.11. The first-order chi connectivity index (χ1) is 9.01. The summed E-state index contributed by atoms with van der Waals surface area (Å²) < 4.78 is 7.20. The van der Waals surface area contributed by atoms with Crippen LogP contribution >= 0.6 is 66.7 Å². The van der Waals surface area contributed by atoms with Crippen LogP contribution in [-0.4, -0.2) is 4.98 Å². The average Bonchev–Trinajstić information content (AvgIpc) is 2.37. The molecule has 0 spiro atoms. The lowest BCUT2D eigenvalue weighted by Crippen LogP contribution is -1.94. The summed E-state index contributed by atoms with van der Waals surface area (Å²) in [5.41, 5.74) is 0.756. The second-order valence-corrected chi connectivity index (χ2v) is 6.40. The monoisotopic (exact) mass is 443 g/mol. The van der Waals surface area contributed by atoms with Gasteiger partial charge in [-0.1, -0.05) is 23.2 Å². The van der Waals surface area contributed by atoms with Gasteiger partial charge in [0.2, 0.25) is 5.88 Å². The van der Waals surface area contributed by atoms with E-state index in [9.17, 15) is 0 Å². The number of aromatic nitrogens is 1. The molecule has 0 amide bonds. The fraction of sp³-hybridized carbons (Fsp3) is 0.0833. The molecule has 0 saturated heterocycles. The van der Waals surface area contributed by atoms with E-state index in [4.69, 9.17) is 39.5 Å². The Balaban J connectivity index is 2.39. The molecule has 0 fully saturated rings. The Bertz CT molecular complexity index is 622. The van der Waals surface area contributed by atoms with Crippen LogP contribution in [0.4, 0.5) is 0 Å². The summed E-state index contributed by atoms with van der Waals surface area (Å²) in [6.45, 7) is 0. The zero-order valence-electron chi connectivity index (χ0n) is 9.26. The van der Waals surface area contributed by atoms with Crippen LogP contribution in [0.2, 0.25) is 10.0 Å². The van der Waals surface area contributed by atoms with Gasteiger partial charge in [-0.2, -0.15) is 0 Å². The molecule has 1 aromatic carbocycles. The maximum atomic E-state index is 6.09. The van der Waals surface area contributed by atoms with E-state index in [1.165, 1.54) is 0 Å². The van der Waals surface area contributed by atoms with Gasteiger partial charge >= 0.3 is 0 Å². The van der Waals surface area contributed by atoms with Crippen LogP contribution in [0.25, 0.3) is 0 Å². The van der Waals surface area contributed by atoms with Crippen LogP contribution < -0.4 is 4.74 Å². The van der Waals surface area contributed by atoms with Gasteiger partial charge in [-0.15, -0.1) is 11.6 Å². The van der Waals surface area contributed by atoms with E-state index in [1.54, 1.807) is 18.3 Å². The van der Waals surface area contributed by atoms with Crippen molar-refractivity contribution in [3.63, 3.8) is 0 Å². The van der Waals surface area contributed by atoms with E-state index in [0.29, 0.717) is 26.1 Å². The number of rotatable bonds is 3. The molecule has 0 bridgehead atoms. The van der Waals surface area contributed by atoms with Gasteiger partial charge in [-0.25, -0.2) is 4.98 Å². The molecule has 1 heterocycles. The number of hydrogen-bond donors (Lipinski definition) is 0. The smallest absolute Gasteiger partial charge is 0.223 e. The van der Waals surface area contributed by atoms with Crippen LogP contribution in [0, 0.1) is 0 Å². The van der Waals surface area contributed by atoms with Gasteiger partial charge in [-0.05, 0) is 44.0 Å². The summed E-state index contributed by atoms with van der Waals surface area (Å²) in [6, 6.07) is 5.12. The van der Waals surface area contributed by atoms with Gasteiger partial charge in [0.05, 0.1) is 15.9 Å². The number of ether oxygens (including phenoxy) is 1. The topological polar surface area (TPSA) is 22.1 Å². The number of benzene rings is 1. The molecule has 0 radical (unpaired) electrons. The Morgan fingerprint density at radius 1 is 1.11 bits per heavy atom. The predicted molar refractivity (Wildman–Crippen MR) is 85.7 cm³/mol. The second-order valence-electron chi connectivity index (χ2n) is 3.55. The minimum absolute atomic E-state index is 0.281. The van der Waals surface area contributed by atoms with E-state index in [0.717, 1.165) is 10.0 Å². The van der Waals surface area contributed by atoms with Crippen molar-refractivity contribution in [1.82, 2.24) is 4.98 Å². The maximum absolute atomic E-state index is 6.09. The van der Waals surface area contributed by atoms with Crippen LogP contribution in [-0.2, 0) is 5.88 Å². The Labute approximate surface area is 142 Å². The highest BCUT2D eigenvalue weighted by atomic mass is 79.9. The van der Waals surface area contributed by atoms with Crippen molar-refractivity contribution < 1.29 is 4.74 Å². The summed E-state index contributed by atoms with van der Waals surface area (Å²) in [4.78, 5) is 4.17. The molecule has 100 valence electrons. The summed E-state index contributed by atoms with van der Waals surface area (Å²) in [5, 5.41) is 0.936. The molecule has 0 aliphatic rings. The van der Waals surface area contributed by atoms with Crippen LogP contribution in [0.5, 0.6) is 11.6 Å². The second kappa shape index (κ2) is 6.64. The summed E-state index contributed by atoms with van der Waals surface area (Å²) in [6.07, 6.45) is 1.62. The molecule has 0 aliphatic carbocycles. The average molecular weight is 446 g/mol. The molecule has 2 nitrogen and oxygen atoms in total. The number of pyridine rings is 1. The molecule has 0 unspecified atom stereocenters. The van der Waals surface area contributed by atoms with Crippen molar-refractivity contribution in [1.29, 1.82) is 0 Å². The molecule has 19 heavy (non-hydrogen) atoms. The van der Waals surface area contributed by atoms with E-state index in [-0.39, 0.29) is 5.88 Å². The number of hydrogen-bond acceptors (Lipinski definition) is 2. The quantitative estimate of drug-likeness (QED) is 0.400. The molecular formula is C12H6Br2Cl3NO. The number of halogens is 5. The minimum Gasteiger partial charge on any atom is -0.437 e. The fourth-order valence-electron chi connectivity index (χ4n) is 1.34. The van der Waals surface area contributed by atoms with Crippen molar-refractivity contribution in [2.45, 2.75) is 5.88 Å². The zero-order valence-corrected chi connectivity index (χ0v) is 14.7. The van der Waals surface area contributed by atoms with E-state index < -0.39 is 0 Å².